The molecule has 1 aliphatic heterocycles. The summed E-state index contributed by atoms with van der Waals surface area (Å²) in [4.78, 5) is 36.9. The van der Waals surface area contributed by atoms with E-state index in [0.717, 1.165) is 0 Å². The van der Waals surface area contributed by atoms with Crippen molar-refractivity contribution >= 4 is 23.3 Å². The van der Waals surface area contributed by atoms with Gasteiger partial charge in [0.1, 0.15) is 0 Å². The molecule has 0 saturated carbocycles. The average molecular weight is 241 g/mol. The lowest BCUT2D eigenvalue weighted by molar-refractivity contribution is -0.125. The quantitative estimate of drug-likeness (QED) is 0.697. The van der Waals surface area contributed by atoms with E-state index in [4.69, 9.17) is 0 Å². The van der Waals surface area contributed by atoms with Crippen LogP contribution >= 0.6 is 0 Å². The largest absolute Gasteiger partial charge is 0.295 e. The first-order valence-electron chi connectivity index (χ1n) is 5.82. The average Bonchev–Trinajstić information content (AvgIpc) is 2.63. The number of allylic oxidation sites excluding steroid dienone is 1. The molecule has 90 valence electrons. The first-order chi connectivity index (χ1) is 8.68. The SMILES string of the molecule is O=C1C=C[C@@H]2C(=O)N(c3ccccc3)C(=O)[C@@H]2C1. The van der Waals surface area contributed by atoms with E-state index in [0.29, 0.717) is 5.69 Å². The lowest BCUT2D eigenvalue weighted by Crippen LogP contribution is -2.30. The van der Waals surface area contributed by atoms with Gasteiger partial charge >= 0.3 is 0 Å². The van der Waals surface area contributed by atoms with E-state index >= 15 is 0 Å². The zero-order chi connectivity index (χ0) is 12.7. The second-order valence-corrected chi connectivity index (χ2v) is 4.51. The van der Waals surface area contributed by atoms with Crippen LogP contribution in [0.1, 0.15) is 6.42 Å². The molecule has 0 N–H and O–H groups in total. The number of fused-ring (bicyclic) bond motifs is 1. The van der Waals surface area contributed by atoms with Gasteiger partial charge in [-0.15, -0.1) is 0 Å². The first kappa shape index (κ1) is 10.9. The molecule has 2 atom stereocenters. The van der Waals surface area contributed by atoms with Crippen molar-refractivity contribution in [2.45, 2.75) is 6.42 Å². The van der Waals surface area contributed by atoms with Crippen molar-refractivity contribution in [1.82, 2.24) is 0 Å². The summed E-state index contributed by atoms with van der Waals surface area (Å²) in [6, 6.07) is 8.82. The van der Waals surface area contributed by atoms with Gasteiger partial charge < -0.3 is 0 Å². The molecule has 1 aliphatic carbocycles. The van der Waals surface area contributed by atoms with Gasteiger partial charge in [0.05, 0.1) is 17.5 Å². The number of carbonyl (C=O) groups excluding carboxylic acids is 3. The zero-order valence-corrected chi connectivity index (χ0v) is 9.58. The van der Waals surface area contributed by atoms with Crippen LogP contribution in [-0.4, -0.2) is 17.6 Å². The molecular formula is C14H11NO3. The van der Waals surface area contributed by atoms with Gasteiger partial charge in [-0.2, -0.15) is 0 Å². The van der Waals surface area contributed by atoms with Gasteiger partial charge in [0, 0.05) is 6.42 Å². The van der Waals surface area contributed by atoms with Gasteiger partial charge in [-0.25, -0.2) is 4.90 Å². The molecule has 1 saturated heterocycles. The number of imide groups is 1. The van der Waals surface area contributed by atoms with Crippen LogP contribution in [-0.2, 0) is 14.4 Å². The van der Waals surface area contributed by atoms with Gasteiger partial charge in [-0.05, 0) is 18.2 Å². The van der Waals surface area contributed by atoms with E-state index in [-0.39, 0.29) is 24.0 Å². The molecule has 0 aromatic heterocycles. The fourth-order valence-corrected chi connectivity index (χ4v) is 2.51. The van der Waals surface area contributed by atoms with E-state index in [1.807, 2.05) is 6.07 Å². The van der Waals surface area contributed by atoms with E-state index in [2.05, 4.69) is 0 Å². The van der Waals surface area contributed by atoms with Crippen LogP contribution in [0.2, 0.25) is 0 Å². The van der Waals surface area contributed by atoms with Crippen LogP contribution in [0.5, 0.6) is 0 Å². The number of ketones is 1. The third kappa shape index (κ3) is 1.49. The zero-order valence-electron chi connectivity index (χ0n) is 9.58. The molecule has 3 rings (SSSR count). The summed E-state index contributed by atoms with van der Waals surface area (Å²) >= 11 is 0. The predicted molar refractivity (Wildman–Crippen MR) is 64.7 cm³/mol. The molecule has 1 heterocycles. The summed E-state index contributed by atoms with van der Waals surface area (Å²) in [6.45, 7) is 0. The lowest BCUT2D eigenvalue weighted by atomic mass is 9.85. The highest BCUT2D eigenvalue weighted by Gasteiger charge is 2.48. The molecule has 0 bridgehead atoms. The maximum atomic E-state index is 12.2. The number of hydrogen-bond acceptors (Lipinski definition) is 3. The summed E-state index contributed by atoms with van der Waals surface area (Å²) in [5, 5.41) is 0. The van der Waals surface area contributed by atoms with E-state index < -0.39 is 11.8 Å². The molecule has 0 radical (unpaired) electrons. The summed E-state index contributed by atoms with van der Waals surface area (Å²) in [6.07, 6.45) is 3.09. The second-order valence-electron chi connectivity index (χ2n) is 4.51. The van der Waals surface area contributed by atoms with E-state index in [9.17, 15) is 14.4 Å². The Morgan fingerprint density at radius 1 is 1.00 bits per heavy atom. The van der Waals surface area contributed by atoms with E-state index in [1.165, 1.54) is 11.0 Å². The normalized spacial score (nSPS) is 26.7. The summed E-state index contributed by atoms with van der Waals surface area (Å²) < 4.78 is 0. The Kier molecular flexibility index (Phi) is 2.37. The maximum Gasteiger partial charge on any atom is 0.241 e. The van der Waals surface area contributed by atoms with Crippen molar-refractivity contribution < 1.29 is 14.4 Å². The monoisotopic (exact) mass is 241 g/mol. The molecule has 0 unspecified atom stereocenters. The number of amides is 2. The number of anilines is 1. The minimum atomic E-state index is -0.518. The molecule has 18 heavy (non-hydrogen) atoms. The molecule has 2 aliphatic rings. The van der Waals surface area contributed by atoms with Gasteiger partial charge in [0.2, 0.25) is 11.8 Å². The van der Waals surface area contributed by atoms with Gasteiger partial charge in [0.25, 0.3) is 0 Å². The Hall–Kier alpha value is -2.23. The number of hydrogen-bond donors (Lipinski definition) is 0. The number of rotatable bonds is 1. The van der Waals surface area contributed by atoms with Crippen LogP contribution in [0.3, 0.4) is 0 Å². The Morgan fingerprint density at radius 2 is 1.72 bits per heavy atom. The van der Waals surface area contributed by atoms with E-state index in [1.54, 1.807) is 30.3 Å². The highest BCUT2D eigenvalue weighted by atomic mass is 16.2. The van der Waals surface area contributed by atoms with Gasteiger partial charge in [-0.3, -0.25) is 14.4 Å². The molecule has 2 amide bonds. The fraction of sp³-hybridized carbons (Fsp3) is 0.214. The lowest BCUT2D eigenvalue weighted by Gasteiger charge is -2.14. The van der Waals surface area contributed by atoms with Crippen LogP contribution in [0.15, 0.2) is 42.5 Å². The van der Waals surface area contributed by atoms with Crippen molar-refractivity contribution in [3.05, 3.63) is 42.5 Å². The molecule has 1 aromatic carbocycles. The summed E-state index contributed by atoms with van der Waals surface area (Å²) in [7, 11) is 0. The molecule has 4 nitrogen and oxygen atoms in total. The predicted octanol–water partition coefficient (Wildman–Crippen LogP) is 1.32. The van der Waals surface area contributed by atoms with Crippen LogP contribution in [0.25, 0.3) is 0 Å². The van der Waals surface area contributed by atoms with Crippen LogP contribution in [0.4, 0.5) is 5.69 Å². The third-order valence-corrected chi connectivity index (χ3v) is 3.40. The van der Waals surface area contributed by atoms with Crippen molar-refractivity contribution in [3.63, 3.8) is 0 Å². The van der Waals surface area contributed by atoms with Gasteiger partial charge in [-0.1, -0.05) is 24.3 Å². The second kappa shape index (κ2) is 3.91. The highest BCUT2D eigenvalue weighted by Crippen LogP contribution is 2.35. The molecule has 4 heteroatoms. The first-order valence-corrected chi connectivity index (χ1v) is 5.82. The number of carbonyl (C=O) groups is 3. The van der Waals surface area contributed by atoms with Crippen LogP contribution in [0, 0.1) is 11.8 Å². The Morgan fingerprint density at radius 3 is 2.44 bits per heavy atom. The molecule has 1 fully saturated rings. The standard InChI is InChI=1S/C14H11NO3/c16-10-6-7-11-12(8-10)14(18)15(13(11)17)9-4-2-1-3-5-9/h1-7,11-12H,8H2/t11-,12+/m0/s1. The topological polar surface area (TPSA) is 54.5 Å². The minimum Gasteiger partial charge on any atom is -0.295 e. The number of benzene rings is 1. The fourth-order valence-electron chi connectivity index (χ4n) is 2.51. The van der Waals surface area contributed by atoms with Crippen molar-refractivity contribution in [2.75, 3.05) is 4.90 Å². The van der Waals surface area contributed by atoms with Crippen molar-refractivity contribution in [3.8, 4) is 0 Å². The highest BCUT2D eigenvalue weighted by molar-refractivity contribution is 6.24. The molecular weight excluding hydrogens is 230 g/mol. The number of para-hydroxylation sites is 1. The van der Waals surface area contributed by atoms with Crippen LogP contribution < -0.4 is 4.90 Å². The Bertz CT molecular complexity index is 562. The minimum absolute atomic E-state index is 0.0905. The summed E-state index contributed by atoms with van der Waals surface area (Å²) in [5.74, 6) is -1.59. The Balaban J connectivity index is 2.00. The Labute approximate surface area is 104 Å². The third-order valence-electron chi connectivity index (χ3n) is 3.40. The maximum absolute atomic E-state index is 12.2. The number of nitrogens with zero attached hydrogens (tertiary/aromatic N) is 1. The van der Waals surface area contributed by atoms with Crippen molar-refractivity contribution in [1.29, 1.82) is 0 Å². The molecule has 0 spiro atoms. The molecule has 1 aromatic rings. The smallest absolute Gasteiger partial charge is 0.241 e. The van der Waals surface area contributed by atoms with Crippen molar-refractivity contribution in [2.24, 2.45) is 11.8 Å². The summed E-state index contributed by atoms with van der Waals surface area (Å²) in [5.41, 5.74) is 0.572. The van der Waals surface area contributed by atoms with Gasteiger partial charge in [0.15, 0.2) is 5.78 Å².